The topological polar surface area (TPSA) is 35.5 Å². The maximum atomic E-state index is 11.6. The van der Waals surface area contributed by atoms with Gasteiger partial charge < -0.3 is 9.47 Å². The highest BCUT2D eigenvalue weighted by atomic mass is 32.2. The van der Waals surface area contributed by atoms with Gasteiger partial charge in [-0.25, -0.2) is 4.79 Å². The van der Waals surface area contributed by atoms with Gasteiger partial charge in [0.2, 0.25) is 0 Å². The first-order chi connectivity index (χ1) is 7.74. The highest BCUT2D eigenvalue weighted by molar-refractivity contribution is 7.99. The van der Waals surface area contributed by atoms with Crippen molar-refractivity contribution in [3.63, 3.8) is 0 Å². The molecule has 0 bridgehead atoms. The molecule has 0 aromatic heterocycles. The lowest BCUT2D eigenvalue weighted by Gasteiger charge is -2.11. The molecule has 0 unspecified atom stereocenters. The normalized spacial score (nSPS) is 9.94. The summed E-state index contributed by atoms with van der Waals surface area (Å²) >= 11 is 1.62. The van der Waals surface area contributed by atoms with Crippen LogP contribution in [-0.4, -0.2) is 25.9 Å². The number of methoxy groups -OCH3 is 2. The molecule has 0 aliphatic heterocycles. The van der Waals surface area contributed by atoms with E-state index in [0.717, 1.165) is 22.8 Å². The summed E-state index contributed by atoms with van der Waals surface area (Å²) < 4.78 is 10.00. The smallest absolute Gasteiger partial charge is 0.339 e. The molecule has 0 radical (unpaired) electrons. The molecule has 0 fully saturated rings. The lowest BCUT2D eigenvalue weighted by atomic mass is 10.2. The minimum Gasteiger partial charge on any atom is -0.496 e. The van der Waals surface area contributed by atoms with E-state index >= 15 is 0 Å². The Morgan fingerprint density at radius 1 is 1.38 bits per heavy atom. The monoisotopic (exact) mass is 240 g/mol. The van der Waals surface area contributed by atoms with Crippen LogP contribution >= 0.6 is 11.8 Å². The van der Waals surface area contributed by atoms with Gasteiger partial charge >= 0.3 is 5.97 Å². The summed E-state index contributed by atoms with van der Waals surface area (Å²) in [5.41, 5.74) is 0.570. The first kappa shape index (κ1) is 12.9. The molecule has 0 amide bonds. The Hall–Kier alpha value is -1.16. The molecule has 0 saturated heterocycles. The summed E-state index contributed by atoms with van der Waals surface area (Å²) in [6.07, 6.45) is 1.04. The Labute approximate surface area is 100 Å². The predicted octanol–water partition coefficient (Wildman–Crippen LogP) is 2.98. The van der Waals surface area contributed by atoms with Crippen molar-refractivity contribution in [1.29, 1.82) is 0 Å². The molecule has 1 aromatic carbocycles. The highest BCUT2D eigenvalue weighted by Crippen LogP contribution is 2.33. The molecule has 1 aromatic rings. The summed E-state index contributed by atoms with van der Waals surface area (Å²) in [6, 6.07) is 5.40. The Morgan fingerprint density at radius 2 is 2.12 bits per heavy atom. The van der Waals surface area contributed by atoms with Crippen LogP contribution in [0.5, 0.6) is 5.75 Å². The van der Waals surface area contributed by atoms with Gasteiger partial charge in [-0.2, -0.15) is 0 Å². The lowest BCUT2D eigenvalue weighted by molar-refractivity contribution is 0.0596. The fourth-order valence-corrected chi connectivity index (χ4v) is 2.31. The minimum atomic E-state index is -0.322. The van der Waals surface area contributed by atoms with Crippen LogP contribution in [0.15, 0.2) is 23.1 Å². The van der Waals surface area contributed by atoms with Crippen molar-refractivity contribution in [2.45, 2.75) is 18.2 Å². The van der Waals surface area contributed by atoms with Crippen LogP contribution < -0.4 is 4.74 Å². The standard InChI is InChI=1S/C12H16O3S/c1-4-8-16-11-9(12(13)15-3)6-5-7-10(11)14-2/h5-7H,4,8H2,1-3H3. The minimum absolute atomic E-state index is 0.322. The van der Waals surface area contributed by atoms with Crippen LogP contribution in [0, 0.1) is 0 Å². The van der Waals surface area contributed by atoms with Gasteiger partial charge in [-0.1, -0.05) is 13.0 Å². The summed E-state index contributed by atoms with van der Waals surface area (Å²) in [5, 5.41) is 0. The van der Waals surface area contributed by atoms with Crippen molar-refractivity contribution in [2.24, 2.45) is 0 Å². The van der Waals surface area contributed by atoms with Crippen LogP contribution in [0.1, 0.15) is 23.7 Å². The Bertz CT molecular complexity index is 363. The molecule has 0 heterocycles. The van der Waals surface area contributed by atoms with E-state index in [1.165, 1.54) is 7.11 Å². The molecule has 0 aliphatic carbocycles. The molecule has 0 aliphatic rings. The Kier molecular flexibility index (Phi) is 5.19. The SMILES string of the molecule is CCCSc1c(OC)cccc1C(=O)OC. The summed E-state index contributed by atoms with van der Waals surface area (Å²) in [7, 11) is 2.99. The average Bonchev–Trinajstić information content (AvgIpc) is 2.34. The van der Waals surface area contributed by atoms with Crippen LogP contribution in [0.25, 0.3) is 0 Å². The number of hydrogen-bond donors (Lipinski definition) is 0. The molecule has 0 spiro atoms. The molecule has 16 heavy (non-hydrogen) atoms. The number of carbonyl (C=O) groups excluding carboxylic acids is 1. The van der Waals surface area contributed by atoms with E-state index < -0.39 is 0 Å². The maximum absolute atomic E-state index is 11.6. The number of carbonyl (C=O) groups is 1. The van der Waals surface area contributed by atoms with E-state index in [1.807, 2.05) is 6.07 Å². The average molecular weight is 240 g/mol. The van der Waals surface area contributed by atoms with Crippen molar-refractivity contribution in [2.75, 3.05) is 20.0 Å². The number of benzene rings is 1. The molecule has 1 rings (SSSR count). The Morgan fingerprint density at radius 3 is 2.69 bits per heavy atom. The van der Waals surface area contributed by atoms with Gasteiger partial charge in [0.1, 0.15) is 5.75 Å². The predicted molar refractivity (Wildman–Crippen MR) is 65.3 cm³/mol. The molecular formula is C12H16O3S. The first-order valence-corrected chi connectivity index (χ1v) is 6.11. The molecule has 0 N–H and O–H groups in total. The molecule has 88 valence electrons. The zero-order valence-electron chi connectivity index (χ0n) is 9.78. The van der Waals surface area contributed by atoms with Crippen LogP contribution in [0.3, 0.4) is 0 Å². The Balaban J connectivity index is 3.09. The molecule has 4 heteroatoms. The maximum Gasteiger partial charge on any atom is 0.339 e. The summed E-state index contributed by atoms with van der Waals surface area (Å²) in [4.78, 5) is 12.4. The van der Waals surface area contributed by atoms with Crippen molar-refractivity contribution >= 4 is 17.7 Å². The number of ether oxygens (including phenoxy) is 2. The van der Waals surface area contributed by atoms with Crippen molar-refractivity contribution in [3.8, 4) is 5.75 Å². The quantitative estimate of drug-likeness (QED) is 0.585. The van der Waals surface area contributed by atoms with E-state index in [1.54, 1.807) is 31.0 Å². The van der Waals surface area contributed by atoms with Gasteiger partial charge in [0.15, 0.2) is 0 Å². The lowest BCUT2D eigenvalue weighted by Crippen LogP contribution is -2.04. The third kappa shape index (κ3) is 2.92. The summed E-state index contributed by atoms with van der Waals surface area (Å²) in [5.74, 6) is 1.35. The second-order valence-electron chi connectivity index (χ2n) is 3.18. The highest BCUT2D eigenvalue weighted by Gasteiger charge is 2.15. The van der Waals surface area contributed by atoms with E-state index in [2.05, 4.69) is 6.92 Å². The number of esters is 1. The molecule has 3 nitrogen and oxygen atoms in total. The largest absolute Gasteiger partial charge is 0.496 e. The van der Waals surface area contributed by atoms with Gasteiger partial charge in [0, 0.05) is 0 Å². The third-order valence-electron chi connectivity index (χ3n) is 2.05. The molecular weight excluding hydrogens is 224 g/mol. The first-order valence-electron chi connectivity index (χ1n) is 5.12. The zero-order chi connectivity index (χ0) is 12.0. The summed E-state index contributed by atoms with van der Waals surface area (Å²) in [6.45, 7) is 2.10. The van der Waals surface area contributed by atoms with Crippen molar-refractivity contribution < 1.29 is 14.3 Å². The zero-order valence-corrected chi connectivity index (χ0v) is 10.6. The van der Waals surface area contributed by atoms with E-state index in [9.17, 15) is 4.79 Å². The van der Waals surface area contributed by atoms with E-state index in [0.29, 0.717) is 5.56 Å². The van der Waals surface area contributed by atoms with Gasteiger partial charge in [0.05, 0.1) is 24.7 Å². The van der Waals surface area contributed by atoms with Gasteiger partial charge in [0.25, 0.3) is 0 Å². The van der Waals surface area contributed by atoms with E-state index in [4.69, 9.17) is 9.47 Å². The number of hydrogen-bond acceptors (Lipinski definition) is 4. The molecule has 0 saturated carbocycles. The van der Waals surface area contributed by atoms with Crippen LogP contribution in [0.2, 0.25) is 0 Å². The van der Waals surface area contributed by atoms with E-state index in [-0.39, 0.29) is 5.97 Å². The fourth-order valence-electron chi connectivity index (χ4n) is 1.30. The number of thioether (sulfide) groups is 1. The number of rotatable bonds is 5. The van der Waals surface area contributed by atoms with Crippen LogP contribution in [0.4, 0.5) is 0 Å². The fraction of sp³-hybridized carbons (Fsp3) is 0.417. The van der Waals surface area contributed by atoms with Crippen molar-refractivity contribution in [1.82, 2.24) is 0 Å². The van der Waals surface area contributed by atoms with Gasteiger partial charge in [-0.3, -0.25) is 0 Å². The van der Waals surface area contributed by atoms with Crippen LogP contribution in [-0.2, 0) is 4.74 Å². The van der Waals surface area contributed by atoms with Gasteiger partial charge in [-0.15, -0.1) is 11.8 Å². The third-order valence-corrected chi connectivity index (χ3v) is 3.38. The van der Waals surface area contributed by atoms with Crippen molar-refractivity contribution in [3.05, 3.63) is 23.8 Å². The van der Waals surface area contributed by atoms with Gasteiger partial charge in [-0.05, 0) is 24.3 Å². The molecule has 0 atom stereocenters. The second-order valence-corrected chi connectivity index (χ2v) is 4.28. The second kappa shape index (κ2) is 6.43.